The average molecular weight is 344 g/mol. The Morgan fingerprint density at radius 2 is 1.76 bits per heavy atom. The number of guanidine groups is 1. The molecule has 6 nitrogen and oxygen atoms in total. The quantitative estimate of drug-likeness (QED) is 0.340. The summed E-state index contributed by atoms with van der Waals surface area (Å²) in [6, 6.07) is 7.01. The Hall–Kier alpha value is -2.37. The smallest absolute Gasteiger partial charge is 0.261 e. The lowest BCUT2D eigenvalue weighted by molar-refractivity contribution is 0.0652. The number of nitrogens with zero attached hydrogens (tertiary/aromatic N) is 3. The Morgan fingerprint density at radius 3 is 2.32 bits per heavy atom. The number of aliphatic imine (C=N–C) groups is 1. The summed E-state index contributed by atoms with van der Waals surface area (Å²) in [7, 11) is 3.81. The van der Waals surface area contributed by atoms with Crippen LogP contribution in [-0.2, 0) is 0 Å². The van der Waals surface area contributed by atoms with E-state index in [0.29, 0.717) is 17.7 Å². The average Bonchev–Trinajstić information content (AvgIpc) is 2.87. The van der Waals surface area contributed by atoms with Crippen molar-refractivity contribution in [1.29, 1.82) is 0 Å². The Morgan fingerprint density at radius 1 is 1.12 bits per heavy atom. The molecule has 1 aromatic carbocycles. The van der Waals surface area contributed by atoms with Crippen LogP contribution in [0.25, 0.3) is 0 Å². The van der Waals surface area contributed by atoms with Crippen molar-refractivity contribution in [3.63, 3.8) is 0 Å². The van der Waals surface area contributed by atoms with E-state index in [9.17, 15) is 9.59 Å². The Labute approximate surface area is 149 Å². The minimum absolute atomic E-state index is 0.177. The van der Waals surface area contributed by atoms with Gasteiger partial charge >= 0.3 is 0 Å². The predicted molar refractivity (Wildman–Crippen MR) is 99.9 cm³/mol. The third-order valence-corrected chi connectivity index (χ3v) is 4.39. The van der Waals surface area contributed by atoms with Crippen LogP contribution in [0.1, 0.15) is 53.3 Å². The van der Waals surface area contributed by atoms with Gasteiger partial charge in [0.25, 0.3) is 11.8 Å². The summed E-state index contributed by atoms with van der Waals surface area (Å²) in [5.74, 6) is 0.529. The van der Waals surface area contributed by atoms with Gasteiger partial charge in [-0.2, -0.15) is 0 Å². The van der Waals surface area contributed by atoms with Crippen molar-refractivity contribution < 1.29 is 9.59 Å². The SMILES string of the molecule is CCCCN(C)C(=NC)NCCCCN1C(=O)c2ccccc2C1=O. The van der Waals surface area contributed by atoms with Crippen LogP contribution in [0.3, 0.4) is 0 Å². The molecule has 1 heterocycles. The summed E-state index contributed by atoms with van der Waals surface area (Å²) < 4.78 is 0. The van der Waals surface area contributed by atoms with Crippen LogP contribution in [0.4, 0.5) is 0 Å². The first kappa shape index (κ1) is 19.0. The number of fused-ring (bicyclic) bond motifs is 1. The highest BCUT2D eigenvalue weighted by atomic mass is 16.2. The molecule has 0 aromatic heterocycles. The summed E-state index contributed by atoms with van der Waals surface area (Å²) in [5, 5.41) is 3.33. The molecule has 0 spiro atoms. The number of hydrogen-bond donors (Lipinski definition) is 1. The molecule has 2 rings (SSSR count). The molecule has 0 fully saturated rings. The number of carbonyl (C=O) groups excluding carboxylic acids is 2. The zero-order chi connectivity index (χ0) is 18.2. The number of unbranched alkanes of at least 4 members (excludes halogenated alkanes) is 2. The zero-order valence-electron chi connectivity index (χ0n) is 15.4. The lowest BCUT2D eigenvalue weighted by atomic mass is 10.1. The number of rotatable bonds is 8. The molecular formula is C19H28N4O2. The molecular weight excluding hydrogens is 316 g/mol. The molecule has 1 N–H and O–H groups in total. The van der Waals surface area contributed by atoms with E-state index in [0.717, 1.165) is 44.7 Å². The molecule has 0 radical (unpaired) electrons. The Bertz CT molecular complexity index is 607. The maximum absolute atomic E-state index is 12.3. The summed E-state index contributed by atoms with van der Waals surface area (Å²) >= 11 is 0. The first-order valence-electron chi connectivity index (χ1n) is 8.97. The maximum atomic E-state index is 12.3. The highest BCUT2D eigenvalue weighted by molar-refractivity contribution is 6.21. The first-order valence-corrected chi connectivity index (χ1v) is 8.97. The monoisotopic (exact) mass is 344 g/mol. The van der Waals surface area contributed by atoms with Crippen LogP contribution in [0, 0.1) is 0 Å². The number of carbonyl (C=O) groups is 2. The second-order valence-corrected chi connectivity index (χ2v) is 6.26. The summed E-state index contributed by atoms with van der Waals surface area (Å²) in [4.78, 5) is 32.3. The van der Waals surface area contributed by atoms with Crippen LogP contribution >= 0.6 is 0 Å². The van der Waals surface area contributed by atoms with Gasteiger partial charge in [-0.3, -0.25) is 19.5 Å². The number of imide groups is 1. The van der Waals surface area contributed by atoms with Crippen molar-refractivity contribution in [3.05, 3.63) is 35.4 Å². The molecule has 2 amide bonds. The van der Waals surface area contributed by atoms with Gasteiger partial charge in [0.1, 0.15) is 0 Å². The number of hydrogen-bond acceptors (Lipinski definition) is 3. The van der Waals surface area contributed by atoms with Crippen LogP contribution in [0.15, 0.2) is 29.3 Å². The largest absolute Gasteiger partial charge is 0.356 e. The summed E-state index contributed by atoms with van der Waals surface area (Å²) in [6.45, 7) is 4.37. The molecule has 1 aliphatic rings. The highest BCUT2D eigenvalue weighted by Gasteiger charge is 2.34. The molecule has 0 aliphatic carbocycles. The molecule has 136 valence electrons. The van der Waals surface area contributed by atoms with E-state index in [1.54, 1.807) is 31.3 Å². The van der Waals surface area contributed by atoms with Gasteiger partial charge in [-0.25, -0.2) is 0 Å². The van der Waals surface area contributed by atoms with Gasteiger partial charge in [0.15, 0.2) is 5.96 Å². The normalized spacial score (nSPS) is 14.0. The lowest BCUT2D eigenvalue weighted by Gasteiger charge is -2.22. The topological polar surface area (TPSA) is 65.0 Å². The Balaban J connectivity index is 1.73. The fourth-order valence-electron chi connectivity index (χ4n) is 2.92. The van der Waals surface area contributed by atoms with Crippen LogP contribution in [-0.4, -0.2) is 61.3 Å². The molecule has 0 saturated carbocycles. The van der Waals surface area contributed by atoms with E-state index in [-0.39, 0.29) is 11.8 Å². The second-order valence-electron chi connectivity index (χ2n) is 6.26. The van der Waals surface area contributed by atoms with E-state index in [4.69, 9.17) is 0 Å². The van der Waals surface area contributed by atoms with E-state index < -0.39 is 0 Å². The molecule has 6 heteroatoms. The molecule has 0 atom stereocenters. The van der Waals surface area contributed by atoms with Gasteiger partial charge in [0, 0.05) is 33.7 Å². The minimum Gasteiger partial charge on any atom is -0.356 e. The van der Waals surface area contributed by atoms with E-state index in [2.05, 4.69) is 22.1 Å². The molecule has 0 bridgehead atoms. The Kier molecular flexibility index (Phi) is 6.98. The number of nitrogens with one attached hydrogen (secondary N) is 1. The van der Waals surface area contributed by atoms with Crippen molar-refractivity contribution in [1.82, 2.24) is 15.1 Å². The van der Waals surface area contributed by atoms with Gasteiger partial charge in [-0.05, 0) is 31.4 Å². The van der Waals surface area contributed by atoms with E-state index in [1.807, 2.05) is 7.05 Å². The molecule has 1 aliphatic heterocycles. The first-order chi connectivity index (χ1) is 12.1. The number of benzene rings is 1. The lowest BCUT2D eigenvalue weighted by Crippen LogP contribution is -2.40. The molecule has 25 heavy (non-hydrogen) atoms. The number of amides is 2. The second kappa shape index (κ2) is 9.20. The molecule has 1 aromatic rings. The van der Waals surface area contributed by atoms with Gasteiger partial charge in [0.2, 0.25) is 0 Å². The van der Waals surface area contributed by atoms with Crippen molar-refractivity contribution in [2.45, 2.75) is 32.6 Å². The fraction of sp³-hybridized carbons (Fsp3) is 0.526. The van der Waals surface area contributed by atoms with Gasteiger partial charge < -0.3 is 10.2 Å². The predicted octanol–water partition coefficient (Wildman–Crippen LogP) is 2.37. The molecule has 0 unspecified atom stereocenters. The van der Waals surface area contributed by atoms with Gasteiger partial charge in [-0.15, -0.1) is 0 Å². The third kappa shape index (κ3) is 4.59. The van der Waals surface area contributed by atoms with Crippen molar-refractivity contribution in [2.75, 3.05) is 33.7 Å². The van der Waals surface area contributed by atoms with E-state index >= 15 is 0 Å². The van der Waals surface area contributed by atoms with E-state index in [1.165, 1.54) is 4.90 Å². The van der Waals surface area contributed by atoms with Crippen molar-refractivity contribution >= 4 is 17.8 Å². The fourth-order valence-corrected chi connectivity index (χ4v) is 2.92. The summed E-state index contributed by atoms with van der Waals surface area (Å²) in [6.07, 6.45) is 3.93. The zero-order valence-corrected chi connectivity index (χ0v) is 15.4. The van der Waals surface area contributed by atoms with Gasteiger partial charge in [0.05, 0.1) is 11.1 Å². The molecule has 0 saturated heterocycles. The highest BCUT2D eigenvalue weighted by Crippen LogP contribution is 2.22. The van der Waals surface area contributed by atoms with Crippen molar-refractivity contribution in [2.24, 2.45) is 4.99 Å². The summed E-state index contributed by atoms with van der Waals surface area (Å²) in [5.41, 5.74) is 1.03. The maximum Gasteiger partial charge on any atom is 0.261 e. The van der Waals surface area contributed by atoms with Gasteiger partial charge in [-0.1, -0.05) is 25.5 Å². The van der Waals surface area contributed by atoms with Crippen LogP contribution in [0.2, 0.25) is 0 Å². The van der Waals surface area contributed by atoms with Crippen LogP contribution in [0.5, 0.6) is 0 Å². The van der Waals surface area contributed by atoms with Crippen LogP contribution < -0.4 is 5.32 Å². The minimum atomic E-state index is -0.177. The van der Waals surface area contributed by atoms with Crippen molar-refractivity contribution in [3.8, 4) is 0 Å². The third-order valence-electron chi connectivity index (χ3n) is 4.39. The standard InChI is InChI=1S/C19H28N4O2/c1-4-5-13-22(3)19(20-2)21-12-8-9-14-23-17(24)15-10-6-7-11-16(15)18(23)25/h6-7,10-11H,4-5,8-9,12-14H2,1-3H3,(H,20,21).